The number of amides is 1. The van der Waals surface area contributed by atoms with E-state index in [1.165, 1.54) is 6.42 Å². The minimum absolute atomic E-state index is 0.0741. The molecule has 4 heteroatoms. The molecule has 1 amide bonds. The van der Waals surface area contributed by atoms with Gasteiger partial charge in [-0.2, -0.15) is 0 Å². The van der Waals surface area contributed by atoms with Crippen LogP contribution in [0.4, 0.5) is 0 Å². The van der Waals surface area contributed by atoms with Crippen molar-refractivity contribution < 1.29 is 9.53 Å². The molecule has 2 rings (SSSR count). The lowest BCUT2D eigenvalue weighted by molar-refractivity contribution is -0.138. The molecule has 21 heavy (non-hydrogen) atoms. The number of rotatable bonds is 7. The van der Waals surface area contributed by atoms with Crippen LogP contribution in [0.2, 0.25) is 0 Å². The second kappa shape index (κ2) is 7.10. The van der Waals surface area contributed by atoms with Crippen LogP contribution in [0.5, 0.6) is 0 Å². The summed E-state index contributed by atoms with van der Waals surface area (Å²) >= 11 is 0. The van der Waals surface area contributed by atoms with Gasteiger partial charge in [-0.15, -0.1) is 0 Å². The number of hydrogen-bond acceptors (Lipinski definition) is 3. The van der Waals surface area contributed by atoms with E-state index in [4.69, 9.17) is 4.74 Å². The van der Waals surface area contributed by atoms with Gasteiger partial charge in [0.25, 0.3) is 0 Å². The second-order valence-electron chi connectivity index (χ2n) is 7.60. The van der Waals surface area contributed by atoms with Crippen molar-refractivity contribution in [3.8, 4) is 0 Å². The summed E-state index contributed by atoms with van der Waals surface area (Å²) in [5.41, 5.74) is 0.0494. The maximum atomic E-state index is 12.7. The van der Waals surface area contributed by atoms with Crippen LogP contribution in [0, 0.1) is 16.7 Å². The Balaban J connectivity index is 1.92. The number of carbonyl (C=O) groups is 1. The molecule has 0 atom stereocenters. The molecule has 1 aliphatic heterocycles. The van der Waals surface area contributed by atoms with E-state index in [-0.39, 0.29) is 16.7 Å². The molecular weight excluding hydrogens is 264 g/mol. The Morgan fingerprint density at radius 3 is 2.38 bits per heavy atom. The van der Waals surface area contributed by atoms with Gasteiger partial charge >= 0.3 is 0 Å². The molecule has 2 N–H and O–H groups in total. The van der Waals surface area contributed by atoms with Crippen molar-refractivity contribution in [1.29, 1.82) is 0 Å². The van der Waals surface area contributed by atoms with Crippen LogP contribution in [0.25, 0.3) is 0 Å². The fourth-order valence-corrected chi connectivity index (χ4v) is 4.00. The highest BCUT2D eigenvalue weighted by Gasteiger charge is 2.45. The highest BCUT2D eigenvalue weighted by atomic mass is 16.5. The first-order chi connectivity index (χ1) is 10.0. The molecule has 0 aromatic heterocycles. The number of piperidine rings is 1. The summed E-state index contributed by atoms with van der Waals surface area (Å²) in [5, 5.41) is 6.68. The number of methoxy groups -OCH3 is 1. The Hall–Kier alpha value is -0.610. The van der Waals surface area contributed by atoms with Crippen LogP contribution in [0.15, 0.2) is 0 Å². The molecule has 0 radical (unpaired) electrons. The third-order valence-electron chi connectivity index (χ3n) is 5.33. The summed E-state index contributed by atoms with van der Waals surface area (Å²) in [6, 6.07) is 0. The van der Waals surface area contributed by atoms with Gasteiger partial charge < -0.3 is 15.4 Å². The van der Waals surface area contributed by atoms with E-state index in [0.29, 0.717) is 5.92 Å². The molecule has 0 bridgehead atoms. The van der Waals surface area contributed by atoms with Crippen LogP contribution >= 0.6 is 0 Å². The molecule has 0 aromatic carbocycles. The summed E-state index contributed by atoms with van der Waals surface area (Å²) < 4.78 is 5.43. The van der Waals surface area contributed by atoms with Gasteiger partial charge in [-0.3, -0.25) is 4.79 Å². The monoisotopic (exact) mass is 296 g/mol. The molecule has 0 aromatic rings. The van der Waals surface area contributed by atoms with Crippen molar-refractivity contribution >= 4 is 5.91 Å². The van der Waals surface area contributed by atoms with Crippen molar-refractivity contribution in [2.45, 2.75) is 52.4 Å². The zero-order valence-electron chi connectivity index (χ0n) is 14.0. The fraction of sp³-hybridized carbons (Fsp3) is 0.941. The standard InChI is InChI=1S/C17H32N2O2/c1-14(2)11-17(5-4-6-17)15(20)19-12-16(13-21-3)7-9-18-10-8-16/h14,18H,4-13H2,1-3H3,(H,19,20). The normalized spacial score (nSPS) is 23.6. The summed E-state index contributed by atoms with van der Waals surface area (Å²) in [7, 11) is 1.76. The van der Waals surface area contributed by atoms with Gasteiger partial charge in [0.15, 0.2) is 0 Å². The van der Waals surface area contributed by atoms with Crippen molar-refractivity contribution in [1.82, 2.24) is 10.6 Å². The average Bonchev–Trinajstić information content (AvgIpc) is 2.41. The number of ether oxygens (including phenoxy) is 1. The molecule has 2 aliphatic rings. The molecule has 1 saturated carbocycles. The van der Waals surface area contributed by atoms with E-state index in [9.17, 15) is 4.79 Å². The van der Waals surface area contributed by atoms with E-state index in [1.54, 1.807) is 7.11 Å². The average molecular weight is 296 g/mol. The van der Waals surface area contributed by atoms with E-state index in [2.05, 4.69) is 24.5 Å². The van der Waals surface area contributed by atoms with Crippen LogP contribution in [0.1, 0.15) is 52.4 Å². The van der Waals surface area contributed by atoms with Crippen molar-refractivity contribution in [2.24, 2.45) is 16.7 Å². The lowest BCUT2D eigenvalue weighted by Crippen LogP contribution is -2.52. The topological polar surface area (TPSA) is 50.4 Å². The summed E-state index contributed by atoms with van der Waals surface area (Å²) in [6.45, 7) is 7.99. The van der Waals surface area contributed by atoms with Gasteiger partial charge in [-0.05, 0) is 51.1 Å². The molecule has 4 nitrogen and oxygen atoms in total. The Labute approximate surface area is 129 Å². The van der Waals surface area contributed by atoms with E-state index in [0.717, 1.165) is 58.3 Å². The SMILES string of the molecule is COCC1(CNC(=O)C2(CC(C)C)CCC2)CCNCC1. The Kier molecular flexibility index (Phi) is 5.67. The molecule has 1 heterocycles. The molecule has 122 valence electrons. The smallest absolute Gasteiger partial charge is 0.226 e. The fourth-order valence-electron chi connectivity index (χ4n) is 4.00. The molecule has 1 saturated heterocycles. The van der Waals surface area contributed by atoms with E-state index in [1.807, 2.05) is 0 Å². The molecule has 1 aliphatic carbocycles. The zero-order chi connectivity index (χ0) is 15.3. The van der Waals surface area contributed by atoms with Crippen molar-refractivity contribution in [3.05, 3.63) is 0 Å². The Morgan fingerprint density at radius 1 is 1.24 bits per heavy atom. The first-order valence-electron chi connectivity index (χ1n) is 8.50. The number of nitrogens with one attached hydrogen (secondary N) is 2. The van der Waals surface area contributed by atoms with Gasteiger partial charge in [0.05, 0.1) is 6.61 Å². The maximum Gasteiger partial charge on any atom is 0.226 e. The summed E-state index contributed by atoms with van der Waals surface area (Å²) in [5.74, 6) is 0.874. The van der Waals surface area contributed by atoms with Crippen LogP contribution in [-0.4, -0.2) is 39.3 Å². The van der Waals surface area contributed by atoms with Gasteiger partial charge in [0.1, 0.15) is 0 Å². The van der Waals surface area contributed by atoms with Crippen LogP contribution < -0.4 is 10.6 Å². The van der Waals surface area contributed by atoms with E-state index < -0.39 is 0 Å². The number of hydrogen-bond donors (Lipinski definition) is 2. The van der Waals surface area contributed by atoms with Gasteiger partial charge in [-0.25, -0.2) is 0 Å². The third-order valence-corrected chi connectivity index (χ3v) is 5.33. The van der Waals surface area contributed by atoms with Gasteiger partial charge in [-0.1, -0.05) is 20.3 Å². The molecule has 0 unspecified atom stereocenters. The molecule has 2 fully saturated rings. The maximum absolute atomic E-state index is 12.7. The third kappa shape index (κ3) is 3.98. The Bertz CT molecular complexity index is 339. The largest absolute Gasteiger partial charge is 0.384 e. The first kappa shape index (κ1) is 16.8. The predicted octanol–water partition coefficient (Wildman–Crippen LogP) is 2.34. The van der Waals surface area contributed by atoms with Gasteiger partial charge in [0.2, 0.25) is 5.91 Å². The highest BCUT2D eigenvalue weighted by molar-refractivity contribution is 5.83. The van der Waals surface area contributed by atoms with Crippen molar-refractivity contribution in [2.75, 3.05) is 33.4 Å². The lowest BCUT2D eigenvalue weighted by Gasteiger charge is -2.43. The Morgan fingerprint density at radius 2 is 1.90 bits per heavy atom. The number of carbonyl (C=O) groups excluding carboxylic acids is 1. The van der Waals surface area contributed by atoms with Crippen molar-refractivity contribution in [3.63, 3.8) is 0 Å². The zero-order valence-corrected chi connectivity index (χ0v) is 14.0. The predicted molar refractivity (Wildman–Crippen MR) is 85.2 cm³/mol. The summed E-state index contributed by atoms with van der Waals surface area (Å²) in [6.07, 6.45) is 6.52. The van der Waals surface area contributed by atoms with E-state index >= 15 is 0 Å². The minimum Gasteiger partial charge on any atom is -0.384 e. The minimum atomic E-state index is -0.0741. The lowest BCUT2D eigenvalue weighted by atomic mass is 9.64. The first-order valence-corrected chi connectivity index (χ1v) is 8.50. The quantitative estimate of drug-likeness (QED) is 0.758. The summed E-state index contributed by atoms with van der Waals surface area (Å²) in [4.78, 5) is 12.7. The van der Waals surface area contributed by atoms with Gasteiger partial charge in [0, 0.05) is 24.5 Å². The highest BCUT2D eigenvalue weighted by Crippen LogP contribution is 2.46. The molecular formula is C17H32N2O2. The second-order valence-corrected chi connectivity index (χ2v) is 7.60. The van der Waals surface area contributed by atoms with Crippen LogP contribution in [-0.2, 0) is 9.53 Å². The molecule has 0 spiro atoms. The van der Waals surface area contributed by atoms with Crippen LogP contribution in [0.3, 0.4) is 0 Å².